The molecule has 0 bridgehead atoms. The molecule has 1 aliphatic heterocycles. The number of rotatable bonds is 6. The number of hydrogen-bond acceptors (Lipinski definition) is 5. The van der Waals surface area contributed by atoms with Gasteiger partial charge < -0.3 is 24.3 Å². The molecule has 27 heavy (non-hydrogen) atoms. The van der Waals surface area contributed by atoms with Crippen LogP contribution in [-0.2, 0) is 4.79 Å². The van der Waals surface area contributed by atoms with Gasteiger partial charge in [-0.2, -0.15) is 0 Å². The highest BCUT2D eigenvalue weighted by Crippen LogP contribution is 2.46. The maximum absolute atomic E-state index is 12.3. The van der Waals surface area contributed by atoms with Gasteiger partial charge in [0.05, 0.1) is 32.4 Å². The van der Waals surface area contributed by atoms with Gasteiger partial charge in [-0.05, 0) is 52.2 Å². The van der Waals surface area contributed by atoms with Crippen molar-refractivity contribution in [1.82, 2.24) is 0 Å². The summed E-state index contributed by atoms with van der Waals surface area (Å²) in [7, 11) is 4.77. The van der Waals surface area contributed by atoms with Crippen LogP contribution in [0.3, 0.4) is 0 Å². The second-order valence-corrected chi connectivity index (χ2v) is 6.92. The molecular formula is C20H22BrNO5. The van der Waals surface area contributed by atoms with E-state index in [0.717, 1.165) is 21.3 Å². The lowest BCUT2D eigenvalue weighted by Crippen LogP contribution is -2.23. The Balaban J connectivity index is 2.13. The SMILES string of the molecule is CCOc1c(Br)cc([C@@H]2CC(=O)Nc3cc(OC)c(OC)cc32)cc1OC. The van der Waals surface area contributed by atoms with Crippen molar-refractivity contribution in [2.24, 2.45) is 0 Å². The summed E-state index contributed by atoms with van der Waals surface area (Å²) in [6, 6.07) is 7.59. The molecule has 6 nitrogen and oxygen atoms in total. The second-order valence-electron chi connectivity index (χ2n) is 6.07. The van der Waals surface area contributed by atoms with E-state index in [9.17, 15) is 4.79 Å². The number of fused-ring (bicyclic) bond motifs is 1. The van der Waals surface area contributed by atoms with Crippen molar-refractivity contribution in [3.8, 4) is 23.0 Å². The van der Waals surface area contributed by atoms with Gasteiger partial charge in [0.2, 0.25) is 5.91 Å². The molecule has 1 aliphatic rings. The Morgan fingerprint density at radius 2 is 1.70 bits per heavy atom. The standard InChI is InChI=1S/C20H22BrNO5/c1-5-27-20-14(21)6-11(7-18(20)26-4)12-9-19(23)22-15-10-17(25-3)16(24-2)8-13(12)15/h6-8,10,12H,5,9H2,1-4H3,(H,22,23)/t12-/m0/s1. The summed E-state index contributed by atoms with van der Waals surface area (Å²) >= 11 is 3.56. The van der Waals surface area contributed by atoms with Crippen molar-refractivity contribution in [1.29, 1.82) is 0 Å². The van der Waals surface area contributed by atoms with E-state index in [2.05, 4.69) is 21.2 Å². The smallest absolute Gasteiger partial charge is 0.225 e. The summed E-state index contributed by atoms with van der Waals surface area (Å²) < 4.78 is 22.8. The topological polar surface area (TPSA) is 66.0 Å². The second kappa shape index (κ2) is 8.08. The Labute approximate surface area is 166 Å². The molecule has 2 aromatic carbocycles. The largest absolute Gasteiger partial charge is 0.493 e. The number of carbonyl (C=O) groups is 1. The van der Waals surface area contributed by atoms with E-state index in [4.69, 9.17) is 18.9 Å². The predicted octanol–water partition coefficient (Wildman–Crippen LogP) is 4.35. The molecule has 0 saturated carbocycles. The van der Waals surface area contributed by atoms with Crippen LogP contribution in [0.15, 0.2) is 28.7 Å². The Hall–Kier alpha value is -2.41. The van der Waals surface area contributed by atoms with Crippen molar-refractivity contribution in [3.05, 3.63) is 39.9 Å². The zero-order chi connectivity index (χ0) is 19.6. The molecule has 1 N–H and O–H groups in total. The first-order valence-corrected chi connectivity index (χ1v) is 9.37. The average molecular weight is 436 g/mol. The zero-order valence-corrected chi connectivity index (χ0v) is 17.3. The molecule has 2 aromatic rings. The molecule has 144 valence electrons. The van der Waals surface area contributed by atoms with Crippen molar-refractivity contribution in [3.63, 3.8) is 0 Å². The Bertz CT molecular complexity index is 868. The van der Waals surface area contributed by atoms with E-state index < -0.39 is 0 Å². The third-order valence-corrected chi connectivity index (χ3v) is 5.13. The number of amides is 1. The van der Waals surface area contributed by atoms with Gasteiger partial charge in [-0.15, -0.1) is 0 Å². The van der Waals surface area contributed by atoms with Gasteiger partial charge in [0.25, 0.3) is 0 Å². The summed E-state index contributed by atoms with van der Waals surface area (Å²) in [5, 5.41) is 2.92. The first-order chi connectivity index (χ1) is 13.0. The summed E-state index contributed by atoms with van der Waals surface area (Å²) in [6.45, 7) is 2.45. The Morgan fingerprint density at radius 1 is 1.04 bits per heavy atom. The molecular weight excluding hydrogens is 414 g/mol. The number of halogens is 1. The van der Waals surface area contributed by atoms with E-state index >= 15 is 0 Å². The molecule has 3 rings (SSSR count). The molecule has 0 fully saturated rings. The monoisotopic (exact) mass is 435 g/mol. The molecule has 0 saturated heterocycles. The maximum Gasteiger partial charge on any atom is 0.225 e. The van der Waals surface area contributed by atoms with Gasteiger partial charge in [0, 0.05) is 24.1 Å². The van der Waals surface area contributed by atoms with Crippen molar-refractivity contribution >= 4 is 27.5 Å². The molecule has 0 spiro atoms. The van der Waals surface area contributed by atoms with Gasteiger partial charge in [0.1, 0.15) is 0 Å². The molecule has 0 aromatic heterocycles. The van der Waals surface area contributed by atoms with Crippen LogP contribution in [0.1, 0.15) is 30.4 Å². The van der Waals surface area contributed by atoms with Crippen molar-refractivity contribution < 1.29 is 23.7 Å². The normalized spacial score (nSPS) is 15.6. The molecule has 7 heteroatoms. The molecule has 1 amide bonds. The quantitative estimate of drug-likeness (QED) is 0.730. The fourth-order valence-electron chi connectivity index (χ4n) is 3.31. The van der Waals surface area contributed by atoms with Crippen LogP contribution in [0.5, 0.6) is 23.0 Å². The number of nitrogens with one attached hydrogen (secondary N) is 1. The summed E-state index contributed by atoms with van der Waals surface area (Å²) in [5.74, 6) is 2.26. The summed E-state index contributed by atoms with van der Waals surface area (Å²) in [5.41, 5.74) is 2.63. The molecule has 1 atom stereocenters. The number of carbonyl (C=O) groups excluding carboxylic acids is 1. The highest BCUT2D eigenvalue weighted by molar-refractivity contribution is 9.10. The van der Waals surface area contributed by atoms with Gasteiger partial charge in [0.15, 0.2) is 23.0 Å². The minimum atomic E-state index is -0.144. The Morgan fingerprint density at radius 3 is 2.33 bits per heavy atom. The molecule has 0 radical (unpaired) electrons. The van der Waals surface area contributed by atoms with Crippen molar-refractivity contribution in [2.75, 3.05) is 33.3 Å². The van der Waals surface area contributed by atoms with Crippen LogP contribution in [0.2, 0.25) is 0 Å². The van der Waals surface area contributed by atoms with E-state index in [1.165, 1.54) is 0 Å². The van der Waals surface area contributed by atoms with Crippen LogP contribution in [0.4, 0.5) is 5.69 Å². The average Bonchev–Trinajstić information content (AvgIpc) is 2.67. The van der Waals surface area contributed by atoms with Crippen LogP contribution in [0.25, 0.3) is 0 Å². The van der Waals surface area contributed by atoms with Gasteiger partial charge in [-0.3, -0.25) is 4.79 Å². The van der Waals surface area contributed by atoms with Crippen LogP contribution in [0, 0.1) is 0 Å². The minimum Gasteiger partial charge on any atom is -0.493 e. The number of methoxy groups -OCH3 is 3. The van der Waals surface area contributed by atoms with Crippen LogP contribution < -0.4 is 24.3 Å². The summed E-state index contributed by atoms with van der Waals surface area (Å²) in [6.07, 6.45) is 0.325. The number of anilines is 1. The number of ether oxygens (including phenoxy) is 4. The van der Waals surface area contributed by atoms with Crippen LogP contribution in [-0.4, -0.2) is 33.8 Å². The minimum absolute atomic E-state index is 0.0521. The highest BCUT2D eigenvalue weighted by atomic mass is 79.9. The van der Waals surface area contributed by atoms with E-state index in [0.29, 0.717) is 36.0 Å². The predicted molar refractivity (Wildman–Crippen MR) is 106 cm³/mol. The fraction of sp³-hybridized carbons (Fsp3) is 0.350. The molecule has 0 unspecified atom stereocenters. The lowest BCUT2D eigenvalue weighted by Gasteiger charge is -2.28. The first kappa shape index (κ1) is 19.4. The lowest BCUT2D eigenvalue weighted by molar-refractivity contribution is -0.116. The van der Waals surface area contributed by atoms with E-state index in [1.807, 2.05) is 25.1 Å². The molecule has 0 aliphatic carbocycles. The maximum atomic E-state index is 12.3. The van der Waals surface area contributed by atoms with Gasteiger partial charge >= 0.3 is 0 Å². The highest BCUT2D eigenvalue weighted by Gasteiger charge is 2.29. The van der Waals surface area contributed by atoms with E-state index in [1.54, 1.807) is 27.4 Å². The van der Waals surface area contributed by atoms with Gasteiger partial charge in [-0.25, -0.2) is 0 Å². The van der Waals surface area contributed by atoms with E-state index in [-0.39, 0.29) is 11.8 Å². The molecule has 1 heterocycles. The van der Waals surface area contributed by atoms with Crippen molar-refractivity contribution in [2.45, 2.75) is 19.3 Å². The lowest BCUT2D eigenvalue weighted by atomic mass is 9.84. The van der Waals surface area contributed by atoms with Crippen LogP contribution >= 0.6 is 15.9 Å². The number of benzene rings is 2. The number of hydrogen-bond donors (Lipinski definition) is 1. The first-order valence-electron chi connectivity index (χ1n) is 8.58. The Kier molecular flexibility index (Phi) is 5.79. The van der Waals surface area contributed by atoms with Gasteiger partial charge in [-0.1, -0.05) is 0 Å². The summed E-state index contributed by atoms with van der Waals surface area (Å²) in [4.78, 5) is 12.3. The fourth-order valence-corrected chi connectivity index (χ4v) is 3.88. The zero-order valence-electron chi connectivity index (χ0n) is 15.7. The third-order valence-electron chi connectivity index (χ3n) is 4.54. The third kappa shape index (κ3) is 3.69.